The lowest BCUT2D eigenvalue weighted by Crippen LogP contribution is -2.64. The zero-order chi connectivity index (χ0) is 26.6. The van der Waals surface area contributed by atoms with Crippen molar-refractivity contribution in [3.63, 3.8) is 0 Å². The van der Waals surface area contributed by atoms with Gasteiger partial charge in [-0.15, -0.1) is 0 Å². The molecular formula is C25H32N5O6S+. The molecule has 2 unspecified atom stereocenters. The van der Waals surface area contributed by atoms with E-state index in [4.69, 9.17) is 15.0 Å². The van der Waals surface area contributed by atoms with Crippen LogP contribution in [0.5, 0.6) is 5.75 Å². The number of nitro benzene ring substituents is 1. The molecule has 2 bridgehead atoms. The highest BCUT2D eigenvalue weighted by atomic mass is 32.2. The molecule has 5 rings (SSSR count). The van der Waals surface area contributed by atoms with E-state index in [2.05, 4.69) is 40.1 Å². The fourth-order valence-corrected chi connectivity index (χ4v) is 5.42. The van der Waals surface area contributed by atoms with Crippen LogP contribution in [-0.4, -0.2) is 85.6 Å². The second-order valence-electron chi connectivity index (χ2n) is 9.44. The predicted molar refractivity (Wildman–Crippen MR) is 139 cm³/mol. The van der Waals surface area contributed by atoms with Crippen LogP contribution in [-0.2, 0) is 16.5 Å². The highest BCUT2D eigenvalue weighted by Gasteiger charge is 2.39. The number of fused-ring (bicyclic) bond motifs is 3. The average molecular weight is 531 g/mol. The predicted octanol–water partition coefficient (Wildman–Crippen LogP) is 2.47. The van der Waals surface area contributed by atoms with Gasteiger partial charge in [-0.1, -0.05) is 24.3 Å². The monoisotopic (exact) mass is 530 g/mol. The second kappa shape index (κ2) is 11.1. The van der Waals surface area contributed by atoms with Crippen LogP contribution >= 0.6 is 0 Å². The van der Waals surface area contributed by atoms with Gasteiger partial charge in [0.15, 0.2) is 0 Å². The first-order chi connectivity index (χ1) is 17.6. The number of nitro groups is 1. The number of rotatable bonds is 7. The Morgan fingerprint density at radius 2 is 1.76 bits per heavy atom. The van der Waals surface area contributed by atoms with Crippen molar-refractivity contribution in [3.05, 3.63) is 76.3 Å². The van der Waals surface area contributed by atoms with E-state index >= 15 is 0 Å². The molecule has 0 saturated carbocycles. The molecule has 2 heterocycles. The summed E-state index contributed by atoms with van der Waals surface area (Å²) in [5.74, 6) is 0.922. The van der Waals surface area contributed by atoms with Crippen molar-refractivity contribution in [2.75, 3.05) is 53.4 Å². The van der Waals surface area contributed by atoms with Gasteiger partial charge >= 0.3 is 0 Å². The number of ether oxygens (including phenoxy) is 1. The molecule has 37 heavy (non-hydrogen) atoms. The van der Waals surface area contributed by atoms with Gasteiger partial charge in [-0.2, -0.15) is 8.42 Å². The van der Waals surface area contributed by atoms with Crippen molar-refractivity contribution < 1.29 is 27.1 Å². The van der Waals surface area contributed by atoms with E-state index in [0.29, 0.717) is 6.67 Å². The zero-order valence-corrected chi connectivity index (χ0v) is 21.5. The molecule has 0 aromatic heterocycles. The first kappa shape index (κ1) is 26.9. The third kappa shape index (κ3) is 6.42. The zero-order valence-electron chi connectivity index (χ0n) is 20.7. The number of hydrogen-bond donors (Lipinski definition) is 2. The third-order valence-corrected chi connectivity index (χ3v) is 7.77. The normalized spacial score (nSPS) is 22.8. The van der Waals surface area contributed by atoms with E-state index in [1.54, 1.807) is 7.11 Å². The molecule has 2 fully saturated rings. The molecule has 2 saturated heterocycles. The van der Waals surface area contributed by atoms with Gasteiger partial charge in [0.1, 0.15) is 25.8 Å². The molecule has 3 aromatic rings. The quantitative estimate of drug-likeness (QED) is 0.204. The fraction of sp³-hybridized carbons (Fsp3) is 0.360. The number of non-ortho nitro benzene ring substituents is 1. The highest BCUT2D eigenvalue weighted by Crippen LogP contribution is 2.26. The van der Waals surface area contributed by atoms with Crippen LogP contribution in [0.3, 0.4) is 0 Å². The number of nitrogens with zero attached hydrogens (tertiary/aromatic N) is 4. The fourth-order valence-electron chi connectivity index (χ4n) is 4.94. The van der Waals surface area contributed by atoms with Crippen LogP contribution in [0.25, 0.3) is 10.8 Å². The number of benzene rings is 3. The molecule has 3 aromatic carbocycles. The molecule has 3 N–H and O–H groups in total. The van der Waals surface area contributed by atoms with Crippen LogP contribution in [0.15, 0.2) is 65.6 Å². The van der Waals surface area contributed by atoms with Crippen molar-refractivity contribution >= 4 is 26.6 Å². The minimum Gasteiger partial charge on any atom is -0.497 e. The second-order valence-corrected chi connectivity index (χ2v) is 10.9. The van der Waals surface area contributed by atoms with Gasteiger partial charge in [-0.25, -0.2) is 9.80 Å². The third-order valence-electron chi connectivity index (χ3n) is 6.90. The Kier molecular flexibility index (Phi) is 8.07. The first-order valence-electron chi connectivity index (χ1n) is 11.9. The summed E-state index contributed by atoms with van der Waals surface area (Å²) >= 11 is 0. The van der Waals surface area contributed by atoms with Crippen LogP contribution in [0.4, 0.5) is 5.69 Å². The van der Waals surface area contributed by atoms with E-state index in [9.17, 15) is 18.5 Å². The van der Waals surface area contributed by atoms with E-state index in [-0.39, 0.29) is 10.6 Å². The van der Waals surface area contributed by atoms with E-state index < -0.39 is 15.0 Å². The van der Waals surface area contributed by atoms with Crippen molar-refractivity contribution in [1.29, 1.82) is 0 Å². The number of hydrogen-bond acceptors (Lipinski definition) is 8. The summed E-state index contributed by atoms with van der Waals surface area (Å²) in [4.78, 5) is 14.2. The molecule has 0 radical (unpaired) electrons. The van der Waals surface area contributed by atoms with Gasteiger partial charge in [0.05, 0.1) is 30.1 Å². The van der Waals surface area contributed by atoms with Gasteiger partial charge in [-0.3, -0.25) is 24.9 Å². The standard InChI is InChI=1S/C19H27N4O.C6H5NO5S/c1-24-18-6-5-16-3-2-4-17(19(16)11-18)7-10-23(12-20)14-21-8-9-22(13-21)15-23;8-7(9)5-1-3-6(4-2-5)13(10,11)12/h2-6,11H,7-10,12-15,20H2,1H3;1-4H,(H,10,11,12)/q+1;. The van der Waals surface area contributed by atoms with Crippen molar-refractivity contribution in [3.8, 4) is 5.75 Å². The maximum atomic E-state index is 10.5. The molecule has 0 aliphatic carbocycles. The van der Waals surface area contributed by atoms with Gasteiger partial charge in [-0.05, 0) is 40.6 Å². The Labute approximate surface area is 216 Å². The summed E-state index contributed by atoms with van der Waals surface area (Å²) in [5, 5.41) is 12.7. The summed E-state index contributed by atoms with van der Waals surface area (Å²) < 4.78 is 35.9. The maximum Gasteiger partial charge on any atom is 0.294 e. The lowest BCUT2D eigenvalue weighted by atomic mass is 10.0. The molecule has 12 heteroatoms. The summed E-state index contributed by atoms with van der Waals surface area (Å²) in [5.41, 5.74) is 7.37. The van der Waals surface area contributed by atoms with Crippen LogP contribution in [0.2, 0.25) is 0 Å². The minimum absolute atomic E-state index is 0.229. The topological polar surface area (TPSA) is 139 Å². The molecule has 2 aliphatic heterocycles. The summed E-state index contributed by atoms with van der Waals surface area (Å²) in [7, 11) is -2.54. The van der Waals surface area contributed by atoms with Crippen LogP contribution in [0.1, 0.15) is 5.56 Å². The molecule has 2 aliphatic rings. The summed E-state index contributed by atoms with van der Waals surface area (Å²) in [6.45, 7) is 7.45. The van der Waals surface area contributed by atoms with Gasteiger partial charge in [0.25, 0.3) is 15.8 Å². The smallest absolute Gasteiger partial charge is 0.294 e. The SMILES string of the molecule is COc1ccc2cccc(CC[N+]3(CN)CN4CCN(C4)C3)c2c1.O=[N+]([O-])c1ccc(S(=O)(=O)O)cc1. The number of methoxy groups -OCH3 is 1. The average Bonchev–Trinajstić information content (AvgIpc) is 3.25. The van der Waals surface area contributed by atoms with E-state index in [0.717, 1.165) is 67.5 Å². The number of nitrogens with two attached hydrogens (primary N) is 1. The Morgan fingerprint density at radius 3 is 2.32 bits per heavy atom. The highest BCUT2D eigenvalue weighted by molar-refractivity contribution is 7.85. The minimum atomic E-state index is -4.27. The number of quaternary nitrogens is 1. The Hall–Kier alpha value is -3.13. The lowest BCUT2D eigenvalue weighted by Gasteiger charge is -2.44. The molecule has 198 valence electrons. The largest absolute Gasteiger partial charge is 0.497 e. The van der Waals surface area contributed by atoms with E-state index in [1.807, 2.05) is 6.07 Å². The summed E-state index contributed by atoms with van der Waals surface area (Å²) in [6.07, 6.45) is 1.05. The molecule has 0 amide bonds. The molecule has 0 spiro atoms. The maximum absolute atomic E-state index is 10.5. The van der Waals surface area contributed by atoms with Crippen LogP contribution in [0, 0.1) is 10.1 Å². The van der Waals surface area contributed by atoms with E-state index in [1.165, 1.54) is 29.4 Å². The van der Waals surface area contributed by atoms with Gasteiger partial charge < -0.3 is 4.74 Å². The van der Waals surface area contributed by atoms with Crippen LogP contribution < -0.4 is 10.5 Å². The lowest BCUT2D eigenvalue weighted by molar-refractivity contribution is -0.950. The Bertz CT molecular complexity index is 1350. The van der Waals surface area contributed by atoms with Crippen molar-refractivity contribution in [2.24, 2.45) is 5.73 Å². The van der Waals surface area contributed by atoms with Crippen molar-refractivity contribution in [2.45, 2.75) is 11.3 Å². The van der Waals surface area contributed by atoms with Crippen molar-refractivity contribution in [1.82, 2.24) is 9.80 Å². The Morgan fingerprint density at radius 1 is 1.08 bits per heavy atom. The van der Waals surface area contributed by atoms with Gasteiger partial charge in [0.2, 0.25) is 0 Å². The first-order valence-corrected chi connectivity index (χ1v) is 13.3. The Balaban J connectivity index is 0.000000209. The molecular weight excluding hydrogens is 498 g/mol. The molecule has 11 nitrogen and oxygen atoms in total. The van der Waals surface area contributed by atoms with Gasteiger partial charge in [0, 0.05) is 31.6 Å². The molecule has 2 atom stereocenters. The summed E-state index contributed by atoms with van der Waals surface area (Å²) in [6, 6.07) is 16.8.